The highest BCUT2D eigenvalue weighted by Crippen LogP contribution is 2.25. The molecule has 0 aromatic heterocycles. The second-order valence-electron chi connectivity index (χ2n) is 5.77. The van der Waals surface area contributed by atoms with Gasteiger partial charge in [0.15, 0.2) is 0 Å². The molecule has 0 aliphatic carbocycles. The van der Waals surface area contributed by atoms with E-state index in [1.165, 1.54) is 12.1 Å². The zero-order valence-corrected chi connectivity index (χ0v) is 13.6. The molecule has 24 heavy (non-hydrogen) atoms. The van der Waals surface area contributed by atoms with Gasteiger partial charge in [-0.2, -0.15) is 0 Å². The van der Waals surface area contributed by atoms with E-state index in [-0.39, 0.29) is 24.1 Å². The number of nitrogens with one attached hydrogen (secondary N) is 1. The largest absolute Gasteiger partial charge is 0.338 e. The number of rotatable bonds is 4. The van der Waals surface area contributed by atoms with Crippen LogP contribution in [0.4, 0.5) is 10.1 Å². The number of nitrogens with zero attached hydrogens (tertiary/aromatic N) is 1. The van der Waals surface area contributed by atoms with Crippen LogP contribution in [0.5, 0.6) is 0 Å². The van der Waals surface area contributed by atoms with E-state index in [9.17, 15) is 14.0 Å². The summed E-state index contributed by atoms with van der Waals surface area (Å²) in [5.74, 6) is -1.05. The van der Waals surface area contributed by atoms with Crippen LogP contribution in [-0.2, 0) is 16.1 Å². The third-order valence-electron chi connectivity index (χ3n) is 4.00. The van der Waals surface area contributed by atoms with E-state index in [0.29, 0.717) is 23.8 Å². The Labute approximate surface area is 144 Å². The van der Waals surface area contributed by atoms with Crippen molar-refractivity contribution in [2.24, 2.45) is 5.92 Å². The summed E-state index contributed by atoms with van der Waals surface area (Å²) in [5.41, 5.74) is 1.37. The lowest BCUT2D eigenvalue weighted by Crippen LogP contribution is -2.28. The molecule has 0 unspecified atom stereocenters. The van der Waals surface area contributed by atoms with Gasteiger partial charge in [-0.1, -0.05) is 35.9 Å². The SMILES string of the molecule is O=C(Nc1ccccc1Cl)[C@@H]1CC(=O)N(Cc2ccc(F)cc2)C1. The lowest BCUT2D eigenvalue weighted by atomic mass is 10.1. The van der Waals surface area contributed by atoms with E-state index in [4.69, 9.17) is 11.6 Å². The molecule has 1 saturated heterocycles. The molecule has 124 valence electrons. The van der Waals surface area contributed by atoms with Crippen LogP contribution in [0.25, 0.3) is 0 Å². The van der Waals surface area contributed by atoms with E-state index in [0.717, 1.165) is 5.56 Å². The van der Waals surface area contributed by atoms with Gasteiger partial charge in [0.05, 0.1) is 16.6 Å². The molecule has 0 radical (unpaired) electrons. The summed E-state index contributed by atoms with van der Waals surface area (Å²) in [4.78, 5) is 26.1. The number of carbonyl (C=O) groups excluding carboxylic acids is 2. The predicted molar refractivity (Wildman–Crippen MR) is 90.0 cm³/mol. The third-order valence-corrected chi connectivity index (χ3v) is 4.33. The third kappa shape index (κ3) is 3.74. The molecule has 3 rings (SSSR count). The molecule has 2 aromatic rings. The number of amides is 2. The Kier molecular flexibility index (Phi) is 4.81. The van der Waals surface area contributed by atoms with Crippen LogP contribution in [0.2, 0.25) is 5.02 Å². The zero-order chi connectivity index (χ0) is 17.1. The standard InChI is InChI=1S/C18H16ClFN2O2/c19-15-3-1-2-4-16(15)21-18(24)13-9-17(23)22(11-13)10-12-5-7-14(20)8-6-12/h1-8,13H,9-11H2,(H,21,24)/t13-/m1/s1. The maximum Gasteiger partial charge on any atom is 0.229 e. The van der Waals surface area contributed by atoms with Crippen LogP contribution in [-0.4, -0.2) is 23.3 Å². The van der Waals surface area contributed by atoms with Gasteiger partial charge in [-0.25, -0.2) is 4.39 Å². The molecule has 0 spiro atoms. The highest BCUT2D eigenvalue weighted by molar-refractivity contribution is 6.33. The molecule has 1 N–H and O–H groups in total. The molecular formula is C18H16ClFN2O2. The average Bonchev–Trinajstić information content (AvgIpc) is 2.93. The summed E-state index contributed by atoms with van der Waals surface area (Å²) in [6.07, 6.45) is 0.164. The van der Waals surface area contributed by atoms with Crippen molar-refractivity contribution in [3.63, 3.8) is 0 Å². The summed E-state index contributed by atoms with van der Waals surface area (Å²) in [5, 5.41) is 3.22. The van der Waals surface area contributed by atoms with Crippen molar-refractivity contribution in [2.75, 3.05) is 11.9 Å². The quantitative estimate of drug-likeness (QED) is 0.921. The molecule has 2 amide bonds. The molecule has 1 atom stereocenters. The lowest BCUT2D eigenvalue weighted by Gasteiger charge is -2.17. The Hall–Kier alpha value is -2.40. The van der Waals surface area contributed by atoms with Crippen molar-refractivity contribution in [2.45, 2.75) is 13.0 Å². The number of carbonyl (C=O) groups is 2. The van der Waals surface area contributed by atoms with Crippen molar-refractivity contribution < 1.29 is 14.0 Å². The molecule has 1 heterocycles. The first-order valence-corrected chi connectivity index (χ1v) is 7.98. The number of hydrogen-bond donors (Lipinski definition) is 1. The summed E-state index contributed by atoms with van der Waals surface area (Å²) < 4.78 is 12.9. The van der Waals surface area contributed by atoms with Gasteiger partial charge in [-0.15, -0.1) is 0 Å². The van der Waals surface area contributed by atoms with Crippen LogP contribution in [0.1, 0.15) is 12.0 Å². The fourth-order valence-electron chi connectivity index (χ4n) is 2.71. The van der Waals surface area contributed by atoms with Gasteiger partial charge in [0.1, 0.15) is 5.82 Å². The summed E-state index contributed by atoms with van der Waals surface area (Å²) in [7, 11) is 0. The number of para-hydroxylation sites is 1. The van der Waals surface area contributed by atoms with E-state index in [1.54, 1.807) is 41.3 Å². The smallest absolute Gasteiger partial charge is 0.229 e. The maximum absolute atomic E-state index is 12.9. The number of benzene rings is 2. The van der Waals surface area contributed by atoms with Crippen molar-refractivity contribution >= 4 is 29.1 Å². The first kappa shape index (κ1) is 16.5. The van der Waals surface area contributed by atoms with E-state index >= 15 is 0 Å². The molecule has 1 aliphatic rings. The van der Waals surface area contributed by atoms with Gasteiger partial charge in [-0.05, 0) is 29.8 Å². The Bertz CT molecular complexity index is 764. The highest BCUT2D eigenvalue weighted by Gasteiger charge is 2.34. The van der Waals surface area contributed by atoms with Gasteiger partial charge in [-0.3, -0.25) is 9.59 Å². The van der Waals surface area contributed by atoms with Crippen LogP contribution < -0.4 is 5.32 Å². The number of likely N-dealkylation sites (tertiary alicyclic amines) is 1. The Morgan fingerprint density at radius 2 is 1.92 bits per heavy atom. The fraction of sp³-hybridized carbons (Fsp3) is 0.222. The van der Waals surface area contributed by atoms with Gasteiger partial charge >= 0.3 is 0 Å². The molecule has 0 saturated carbocycles. The van der Waals surface area contributed by atoms with Gasteiger partial charge in [0.25, 0.3) is 0 Å². The summed E-state index contributed by atoms with van der Waals surface area (Å²) in [6, 6.07) is 13.0. The van der Waals surface area contributed by atoms with E-state index < -0.39 is 5.92 Å². The number of hydrogen-bond acceptors (Lipinski definition) is 2. The number of anilines is 1. The van der Waals surface area contributed by atoms with Crippen molar-refractivity contribution in [3.05, 3.63) is 64.9 Å². The van der Waals surface area contributed by atoms with Crippen molar-refractivity contribution in [3.8, 4) is 0 Å². The lowest BCUT2D eigenvalue weighted by molar-refractivity contribution is -0.128. The predicted octanol–water partition coefficient (Wildman–Crippen LogP) is 3.47. The molecule has 1 aliphatic heterocycles. The Morgan fingerprint density at radius 3 is 2.62 bits per heavy atom. The molecule has 4 nitrogen and oxygen atoms in total. The van der Waals surface area contributed by atoms with E-state index in [2.05, 4.69) is 5.32 Å². The monoisotopic (exact) mass is 346 g/mol. The maximum atomic E-state index is 12.9. The normalized spacial score (nSPS) is 17.2. The minimum atomic E-state index is -0.422. The van der Waals surface area contributed by atoms with Crippen LogP contribution in [0, 0.1) is 11.7 Å². The second-order valence-corrected chi connectivity index (χ2v) is 6.18. The van der Waals surface area contributed by atoms with Crippen molar-refractivity contribution in [1.29, 1.82) is 0 Å². The van der Waals surface area contributed by atoms with Crippen LogP contribution in [0.15, 0.2) is 48.5 Å². The summed E-state index contributed by atoms with van der Waals surface area (Å²) >= 11 is 6.03. The Balaban J connectivity index is 1.62. The van der Waals surface area contributed by atoms with Gasteiger partial charge in [0.2, 0.25) is 11.8 Å². The Morgan fingerprint density at radius 1 is 1.21 bits per heavy atom. The van der Waals surface area contributed by atoms with Crippen LogP contribution >= 0.6 is 11.6 Å². The topological polar surface area (TPSA) is 49.4 Å². The fourth-order valence-corrected chi connectivity index (χ4v) is 2.89. The molecule has 0 bridgehead atoms. The first-order chi connectivity index (χ1) is 11.5. The number of halogens is 2. The van der Waals surface area contributed by atoms with Gasteiger partial charge in [0, 0.05) is 19.5 Å². The van der Waals surface area contributed by atoms with E-state index in [1.807, 2.05) is 0 Å². The first-order valence-electron chi connectivity index (χ1n) is 7.60. The molecule has 1 fully saturated rings. The van der Waals surface area contributed by atoms with Crippen molar-refractivity contribution in [1.82, 2.24) is 4.90 Å². The molecule has 2 aromatic carbocycles. The average molecular weight is 347 g/mol. The minimum Gasteiger partial charge on any atom is -0.338 e. The minimum absolute atomic E-state index is 0.0846. The highest BCUT2D eigenvalue weighted by atomic mass is 35.5. The van der Waals surface area contributed by atoms with Gasteiger partial charge < -0.3 is 10.2 Å². The zero-order valence-electron chi connectivity index (χ0n) is 12.8. The molecule has 6 heteroatoms. The summed E-state index contributed by atoms with van der Waals surface area (Å²) in [6.45, 7) is 0.710. The second kappa shape index (κ2) is 7.01. The molecular weight excluding hydrogens is 331 g/mol. The van der Waals surface area contributed by atoms with Crippen LogP contribution in [0.3, 0.4) is 0 Å².